The van der Waals surface area contributed by atoms with E-state index in [1.54, 1.807) is 13.8 Å². The first-order valence-corrected chi connectivity index (χ1v) is 9.27. The van der Waals surface area contributed by atoms with Gasteiger partial charge in [0.2, 0.25) is 0 Å². The molecular formula is C19H28N2O5. The summed E-state index contributed by atoms with van der Waals surface area (Å²) in [7, 11) is 0. The summed E-state index contributed by atoms with van der Waals surface area (Å²) in [5.41, 5.74) is -0.185. The van der Waals surface area contributed by atoms with Crippen molar-refractivity contribution in [3.63, 3.8) is 0 Å². The molecule has 2 aliphatic carbocycles. The van der Waals surface area contributed by atoms with Gasteiger partial charge in [-0.15, -0.1) is 0 Å². The molecule has 0 aromatic heterocycles. The lowest BCUT2D eigenvalue weighted by Gasteiger charge is -2.45. The summed E-state index contributed by atoms with van der Waals surface area (Å²) >= 11 is 0. The molecule has 2 bridgehead atoms. The Morgan fingerprint density at radius 3 is 2.31 bits per heavy atom. The zero-order chi connectivity index (χ0) is 19.4. The first-order valence-electron chi connectivity index (χ1n) is 9.27. The maximum Gasteiger partial charge on any atom is 0.429 e. The number of hydrogen-bond donors (Lipinski definition) is 0. The lowest BCUT2D eigenvalue weighted by molar-refractivity contribution is -0.131. The van der Waals surface area contributed by atoms with Crippen molar-refractivity contribution >= 4 is 18.0 Å². The fourth-order valence-electron chi connectivity index (χ4n) is 4.74. The second kappa shape index (κ2) is 5.99. The van der Waals surface area contributed by atoms with Crippen LogP contribution in [0.1, 0.15) is 48.0 Å². The van der Waals surface area contributed by atoms with E-state index in [-0.39, 0.29) is 36.2 Å². The van der Waals surface area contributed by atoms with Gasteiger partial charge in [0.05, 0.1) is 30.7 Å². The molecule has 1 saturated carbocycles. The molecule has 1 saturated heterocycles. The molecular weight excluding hydrogens is 336 g/mol. The van der Waals surface area contributed by atoms with E-state index in [2.05, 4.69) is 0 Å². The molecule has 1 heterocycles. The van der Waals surface area contributed by atoms with Gasteiger partial charge in [0.1, 0.15) is 0 Å². The van der Waals surface area contributed by atoms with Crippen molar-refractivity contribution in [1.82, 2.24) is 10.0 Å². The summed E-state index contributed by atoms with van der Waals surface area (Å²) in [4.78, 5) is 38.4. The van der Waals surface area contributed by atoms with Gasteiger partial charge < -0.3 is 9.47 Å². The van der Waals surface area contributed by atoms with Gasteiger partial charge in [0, 0.05) is 5.92 Å². The Morgan fingerprint density at radius 1 is 1.19 bits per heavy atom. The van der Waals surface area contributed by atoms with Crippen LogP contribution in [0.4, 0.5) is 9.59 Å². The minimum absolute atomic E-state index is 0.0778. The van der Waals surface area contributed by atoms with Gasteiger partial charge in [-0.05, 0) is 38.2 Å². The second-order valence-corrected chi connectivity index (χ2v) is 8.43. The molecule has 144 valence electrons. The van der Waals surface area contributed by atoms with Crippen LogP contribution in [0.5, 0.6) is 0 Å². The number of nitrogens with zero attached hydrogens (tertiary/aromatic N) is 2. The van der Waals surface area contributed by atoms with Crippen molar-refractivity contribution in [3.05, 3.63) is 11.6 Å². The molecule has 0 spiro atoms. The number of hydrogen-bond acceptors (Lipinski definition) is 5. The van der Waals surface area contributed by atoms with Crippen LogP contribution in [0.25, 0.3) is 0 Å². The highest BCUT2D eigenvalue weighted by atomic mass is 16.6. The quantitative estimate of drug-likeness (QED) is 0.752. The van der Waals surface area contributed by atoms with E-state index in [1.165, 1.54) is 10.0 Å². The van der Waals surface area contributed by atoms with Crippen LogP contribution in [0.15, 0.2) is 11.6 Å². The Labute approximate surface area is 154 Å². The molecule has 2 amide bonds. The first-order chi connectivity index (χ1) is 12.1. The van der Waals surface area contributed by atoms with Crippen LogP contribution < -0.4 is 0 Å². The molecule has 0 N–H and O–H groups in total. The van der Waals surface area contributed by atoms with E-state index in [0.717, 1.165) is 5.57 Å². The van der Waals surface area contributed by atoms with E-state index in [4.69, 9.17) is 9.47 Å². The first kappa shape index (κ1) is 18.7. The highest BCUT2D eigenvalue weighted by Gasteiger charge is 2.70. The van der Waals surface area contributed by atoms with Crippen molar-refractivity contribution in [1.29, 1.82) is 0 Å². The average molecular weight is 364 g/mol. The topological polar surface area (TPSA) is 76.2 Å². The maximum absolute atomic E-state index is 13.1. The second-order valence-electron chi connectivity index (χ2n) is 8.43. The monoisotopic (exact) mass is 364 g/mol. The summed E-state index contributed by atoms with van der Waals surface area (Å²) in [6, 6.07) is -0.392. The Morgan fingerprint density at radius 2 is 1.77 bits per heavy atom. The fraction of sp³-hybridized carbons (Fsp3) is 0.737. The summed E-state index contributed by atoms with van der Waals surface area (Å²) in [5.74, 6) is -0.373. The Hall–Kier alpha value is -2.05. The maximum atomic E-state index is 13.1. The Bertz CT molecular complexity index is 680. The number of rotatable bonds is 2. The van der Waals surface area contributed by atoms with E-state index in [0.29, 0.717) is 6.42 Å². The lowest BCUT2D eigenvalue weighted by atomic mass is 9.83. The molecule has 3 aliphatic rings. The number of ketones is 1. The van der Waals surface area contributed by atoms with Crippen molar-refractivity contribution < 1.29 is 23.9 Å². The molecule has 0 radical (unpaired) electrons. The highest BCUT2D eigenvalue weighted by Crippen LogP contribution is 2.58. The van der Waals surface area contributed by atoms with Gasteiger partial charge in [-0.3, -0.25) is 4.79 Å². The average Bonchev–Trinajstić information content (AvgIpc) is 3.12. The third kappa shape index (κ3) is 2.43. The minimum atomic E-state index is -0.684. The summed E-state index contributed by atoms with van der Waals surface area (Å²) in [6.45, 7) is 11.8. The molecule has 3 rings (SSSR count). The van der Waals surface area contributed by atoms with Crippen LogP contribution >= 0.6 is 0 Å². The van der Waals surface area contributed by atoms with Gasteiger partial charge in [-0.2, -0.15) is 0 Å². The molecule has 0 aromatic carbocycles. The number of amides is 2. The largest absolute Gasteiger partial charge is 0.448 e. The normalized spacial score (nSPS) is 32.6. The standard InChI is InChI=1S/C19H28N2O5/c1-7-25-16(23)20-13-10-19(6,21(20)17(24)26-8-2)11-9-12(18(3,4)5)15(22)14(11)13/h9,11,13-14H,7-8,10H2,1-6H3/t11-,13+,14+,19-/m1/s1. The number of carbonyl (C=O) groups excluding carboxylic acids is 3. The van der Waals surface area contributed by atoms with Crippen LogP contribution in [-0.4, -0.2) is 52.8 Å². The van der Waals surface area contributed by atoms with Crippen LogP contribution in [-0.2, 0) is 14.3 Å². The van der Waals surface area contributed by atoms with Crippen molar-refractivity contribution in [3.8, 4) is 0 Å². The highest BCUT2D eigenvalue weighted by molar-refractivity contribution is 6.02. The molecule has 0 unspecified atom stereocenters. The number of hydrazine groups is 1. The zero-order valence-electron chi connectivity index (χ0n) is 16.4. The van der Waals surface area contributed by atoms with Gasteiger partial charge in [-0.25, -0.2) is 19.6 Å². The van der Waals surface area contributed by atoms with Gasteiger partial charge in [0.15, 0.2) is 5.78 Å². The van der Waals surface area contributed by atoms with E-state index in [1.807, 2.05) is 33.8 Å². The molecule has 7 nitrogen and oxygen atoms in total. The Balaban J connectivity index is 2.04. The molecule has 7 heteroatoms. The van der Waals surface area contributed by atoms with Crippen LogP contribution in [0.3, 0.4) is 0 Å². The number of allylic oxidation sites excluding steroid dienone is 1. The Kier molecular flexibility index (Phi) is 4.32. The summed E-state index contributed by atoms with van der Waals surface area (Å²) in [6.07, 6.45) is 1.38. The van der Waals surface area contributed by atoms with E-state index < -0.39 is 23.8 Å². The zero-order valence-corrected chi connectivity index (χ0v) is 16.4. The van der Waals surface area contributed by atoms with E-state index in [9.17, 15) is 14.4 Å². The summed E-state index contributed by atoms with van der Waals surface area (Å²) in [5, 5.41) is 2.70. The third-order valence-corrected chi connectivity index (χ3v) is 5.77. The lowest BCUT2D eigenvalue weighted by Crippen LogP contribution is -2.63. The molecule has 0 aromatic rings. The molecule has 1 aliphatic heterocycles. The predicted octanol–water partition coefficient (Wildman–Crippen LogP) is 3.15. The number of fused-ring (bicyclic) bond motifs is 5. The smallest absolute Gasteiger partial charge is 0.429 e. The SMILES string of the molecule is CCOC(=O)N1[C@H]2C[C@](C)([C@@H]3C=C(C(C)(C)C)C(=O)[C@@H]32)N1C(=O)OCC. The number of ether oxygens (including phenoxy) is 2. The molecule has 2 fully saturated rings. The summed E-state index contributed by atoms with van der Waals surface area (Å²) < 4.78 is 10.4. The van der Waals surface area contributed by atoms with Crippen molar-refractivity contribution in [2.75, 3.05) is 13.2 Å². The number of carbonyl (C=O) groups is 3. The fourth-order valence-corrected chi connectivity index (χ4v) is 4.74. The minimum Gasteiger partial charge on any atom is -0.448 e. The van der Waals surface area contributed by atoms with Gasteiger partial charge >= 0.3 is 12.2 Å². The third-order valence-electron chi connectivity index (χ3n) is 5.77. The van der Waals surface area contributed by atoms with Crippen molar-refractivity contribution in [2.45, 2.75) is 59.5 Å². The molecule has 26 heavy (non-hydrogen) atoms. The van der Waals surface area contributed by atoms with Crippen molar-refractivity contribution in [2.24, 2.45) is 17.3 Å². The van der Waals surface area contributed by atoms with Gasteiger partial charge in [0.25, 0.3) is 0 Å². The van der Waals surface area contributed by atoms with E-state index >= 15 is 0 Å². The van der Waals surface area contributed by atoms with Crippen LogP contribution in [0, 0.1) is 17.3 Å². The number of Topliss-reactive ketones (excluding diaryl/α,β-unsaturated/α-hetero) is 1. The molecule has 4 atom stereocenters. The van der Waals surface area contributed by atoms with Gasteiger partial charge in [-0.1, -0.05) is 26.8 Å². The van der Waals surface area contributed by atoms with Crippen LogP contribution in [0.2, 0.25) is 0 Å². The predicted molar refractivity (Wildman–Crippen MR) is 94.1 cm³/mol.